The molecule has 0 aliphatic carbocycles. The molecule has 1 atom stereocenters. The van der Waals surface area contributed by atoms with Gasteiger partial charge in [0.1, 0.15) is 18.4 Å². The first-order valence-electron chi connectivity index (χ1n) is 13.4. The van der Waals surface area contributed by atoms with Gasteiger partial charge in [-0.3, -0.25) is 29.9 Å². The van der Waals surface area contributed by atoms with Crippen LogP contribution in [0.5, 0.6) is 5.75 Å². The molecule has 0 radical (unpaired) electrons. The zero-order chi connectivity index (χ0) is 30.0. The van der Waals surface area contributed by atoms with E-state index in [0.717, 1.165) is 6.07 Å². The zero-order valence-corrected chi connectivity index (χ0v) is 22.7. The number of anilines is 1. The first-order valence-corrected chi connectivity index (χ1v) is 13.4. The van der Waals surface area contributed by atoms with Gasteiger partial charge in [0.15, 0.2) is 0 Å². The molecule has 2 aromatic carbocycles. The number of hydrogen-bond donors (Lipinski definition) is 2. The minimum absolute atomic E-state index is 0.0668. The molecule has 3 heterocycles. The van der Waals surface area contributed by atoms with Gasteiger partial charge in [-0.2, -0.15) is 0 Å². The second-order valence-electron chi connectivity index (χ2n) is 10.3. The second-order valence-corrected chi connectivity index (χ2v) is 10.3. The van der Waals surface area contributed by atoms with Crippen LogP contribution in [-0.2, 0) is 38.8 Å². The number of fused-ring (bicyclic) bond motifs is 1. The molecular formula is C28H29F3N4O7. The number of rotatable bonds is 7. The van der Waals surface area contributed by atoms with Gasteiger partial charge < -0.3 is 19.1 Å². The number of ether oxygens (including phenoxy) is 3. The van der Waals surface area contributed by atoms with Crippen molar-refractivity contribution in [2.24, 2.45) is 0 Å². The Bertz CT molecular complexity index is 1410. The van der Waals surface area contributed by atoms with Crippen LogP contribution in [0.4, 0.5) is 23.7 Å². The Morgan fingerprint density at radius 1 is 1.14 bits per heavy atom. The largest absolute Gasteiger partial charge is 0.573 e. The van der Waals surface area contributed by atoms with Crippen LogP contribution in [0.1, 0.15) is 45.5 Å². The molecule has 2 N–H and O–H groups in total. The molecule has 42 heavy (non-hydrogen) atoms. The third kappa shape index (κ3) is 6.82. The van der Waals surface area contributed by atoms with Crippen molar-refractivity contribution in [2.75, 3.05) is 31.6 Å². The second kappa shape index (κ2) is 12.0. The Morgan fingerprint density at radius 3 is 2.62 bits per heavy atom. The number of halogens is 3. The monoisotopic (exact) mass is 590 g/mol. The molecule has 0 saturated carbocycles. The van der Waals surface area contributed by atoms with Crippen LogP contribution in [0.15, 0.2) is 30.3 Å². The lowest BCUT2D eigenvalue weighted by atomic mass is 10.0. The molecule has 5 rings (SSSR count). The van der Waals surface area contributed by atoms with Gasteiger partial charge >= 0.3 is 12.5 Å². The van der Waals surface area contributed by atoms with E-state index in [-0.39, 0.29) is 43.5 Å². The fourth-order valence-corrected chi connectivity index (χ4v) is 5.21. The average Bonchev–Trinajstić information content (AvgIpc) is 3.25. The number of morpholine rings is 1. The number of carbonyl (C=O) groups excluding carboxylic acids is 4. The maximum atomic E-state index is 13.1. The quantitative estimate of drug-likeness (QED) is 0.471. The summed E-state index contributed by atoms with van der Waals surface area (Å²) in [4.78, 5) is 52.8. The molecule has 0 bridgehead atoms. The molecule has 224 valence electrons. The van der Waals surface area contributed by atoms with Gasteiger partial charge in [-0.25, -0.2) is 4.79 Å². The van der Waals surface area contributed by atoms with E-state index < -0.39 is 30.2 Å². The number of amides is 4. The summed E-state index contributed by atoms with van der Waals surface area (Å²) < 4.78 is 54.1. The third-order valence-corrected chi connectivity index (χ3v) is 7.40. The van der Waals surface area contributed by atoms with Crippen molar-refractivity contribution in [2.45, 2.75) is 51.9 Å². The summed E-state index contributed by atoms with van der Waals surface area (Å²) in [6.07, 6.45) is -5.45. The highest BCUT2D eigenvalue weighted by atomic mass is 19.4. The van der Waals surface area contributed by atoms with E-state index in [1.807, 2.05) is 4.90 Å². The smallest absolute Gasteiger partial charge is 0.444 e. The molecular weight excluding hydrogens is 561 g/mol. The summed E-state index contributed by atoms with van der Waals surface area (Å²) in [6, 6.07) is 6.86. The Hall–Kier alpha value is -4.17. The summed E-state index contributed by atoms with van der Waals surface area (Å²) in [6.45, 7) is 4.11. The van der Waals surface area contributed by atoms with Crippen molar-refractivity contribution in [1.82, 2.24) is 15.1 Å². The summed E-state index contributed by atoms with van der Waals surface area (Å²) >= 11 is 0. The fraction of sp³-hybridized carbons (Fsp3) is 0.429. The maximum absolute atomic E-state index is 13.1. The highest BCUT2D eigenvalue weighted by Crippen LogP contribution is 2.33. The Morgan fingerprint density at radius 2 is 1.90 bits per heavy atom. The molecule has 4 amide bonds. The lowest BCUT2D eigenvalue weighted by Gasteiger charge is -2.29. The van der Waals surface area contributed by atoms with Gasteiger partial charge in [0.25, 0.3) is 5.91 Å². The lowest BCUT2D eigenvalue weighted by molar-refractivity contribution is -0.274. The van der Waals surface area contributed by atoms with Crippen molar-refractivity contribution in [3.63, 3.8) is 0 Å². The van der Waals surface area contributed by atoms with Crippen LogP contribution in [0.2, 0.25) is 0 Å². The van der Waals surface area contributed by atoms with E-state index in [0.29, 0.717) is 60.7 Å². The number of carbonyl (C=O) groups is 4. The van der Waals surface area contributed by atoms with Crippen molar-refractivity contribution >= 4 is 29.5 Å². The minimum Gasteiger partial charge on any atom is -0.444 e. The maximum Gasteiger partial charge on any atom is 0.573 e. The molecule has 2 saturated heterocycles. The summed E-state index contributed by atoms with van der Waals surface area (Å²) in [5.41, 5.74) is 2.47. The van der Waals surface area contributed by atoms with Crippen LogP contribution in [0, 0.1) is 6.92 Å². The Balaban J connectivity index is 1.24. The zero-order valence-electron chi connectivity index (χ0n) is 22.7. The topological polar surface area (TPSA) is 127 Å². The van der Waals surface area contributed by atoms with Crippen LogP contribution in [-0.4, -0.2) is 72.3 Å². The normalized spacial score (nSPS) is 19.4. The number of nitrogens with zero attached hydrogens (tertiary/aromatic N) is 2. The van der Waals surface area contributed by atoms with Crippen LogP contribution in [0.3, 0.4) is 0 Å². The van der Waals surface area contributed by atoms with Crippen molar-refractivity contribution < 1.29 is 46.6 Å². The number of piperidine rings is 1. The summed E-state index contributed by atoms with van der Waals surface area (Å²) in [5, 5.41) is 4.72. The Labute approximate surface area is 238 Å². The molecule has 11 nitrogen and oxygen atoms in total. The first kappa shape index (κ1) is 29.3. The summed E-state index contributed by atoms with van der Waals surface area (Å²) in [5.74, 6) is -1.68. The van der Waals surface area contributed by atoms with Crippen LogP contribution >= 0.6 is 0 Å². The van der Waals surface area contributed by atoms with E-state index in [9.17, 15) is 32.3 Å². The molecule has 1 unspecified atom stereocenters. The highest BCUT2D eigenvalue weighted by Gasteiger charge is 2.39. The molecule has 2 aromatic rings. The molecule has 0 spiro atoms. The van der Waals surface area contributed by atoms with Crippen LogP contribution in [0.25, 0.3) is 0 Å². The number of nitrogens with one attached hydrogen (secondary N) is 2. The standard InChI is InChI=1S/C28H29F3N4O7/c1-16-19(13-34-6-8-40-9-7-34)11-20(12-23(16)42-28(29,30)31)32-27(39)41-15-17-2-3-18-14-35(26(38)21(18)10-17)22-4-5-24(36)33-25(22)37/h2-3,10-12,22H,4-9,13-15H2,1H3,(H,32,39)(H,33,36,37). The Kier molecular flexibility index (Phi) is 8.36. The van der Waals surface area contributed by atoms with Crippen molar-refractivity contribution in [3.05, 3.63) is 58.1 Å². The number of hydrogen-bond acceptors (Lipinski definition) is 8. The van der Waals surface area contributed by atoms with Gasteiger partial charge in [0.2, 0.25) is 11.8 Å². The molecule has 2 fully saturated rings. The minimum atomic E-state index is -4.92. The SMILES string of the molecule is Cc1c(CN2CCOCC2)cc(NC(=O)OCc2ccc3c(c2)C(=O)N(C2CCC(=O)NC2=O)C3)cc1OC(F)(F)F. The van der Waals surface area contributed by atoms with Gasteiger partial charge in [-0.1, -0.05) is 12.1 Å². The first-order chi connectivity index (χ1) is 20.0. The predicted octanol–water partition coefficient (Wildman–Crippen LogP) is 3.24. The van der Waals surface area contributed by atoms with E-state index in [1.54, 1.807) is 24.3 Å². The molecule has 14 heteroatoms. The van der Waals surface area contributed by atoms with Gasteiger partial charge in [-0.15, -0.1) is 13.2 Å². The third-order valence-electron chi connectivity index (χ3n) is 7.40. The van der Waals surface area contributed by atoms with Crippen LogP contribution < -0.4 is 15.4 Å². The molecule has 3 aliphatic heterocycles. The number of alkyl halides is 3. The molecule has 3 aliphatic rings. The van der Waals surface area contributed by atoms with E-state index in [2.05, 4.69) is 15.4 Å². The van der Waals surface area contributed by atoms with E-state index in [4.69, 9.17) is 9.47 Å². The van der Waals surface area contributed by atoms with Crippen molar-refractivity contribution in [3.8, 4) is 5.75 Å². The summed E-state index contributed by atoms with van der Waals surface area (Å²) in [7, 11) is 0. The number of benzene rings is 2. The average molecular weight is 591 g/mol. The number of imide groups is 1. The van der Waals surface area contributed by atoms with Gasteiger partial charge in [-0.05, 0) is 47.7 Å². The van der Waals surface area contributed by atoms with Gasteiger partial charge in [0, 0.05) is 49.9 Å². The van der Waals surface area contributed by atoms with E-state index >= 15 is 0 Å². The van der Waals surface area contributed by atoms with Gasteiger partial charge in [0.05, 0.1) is 13.2 Å². The van der Waals surface area contributed by atoms with E-state index in [1.165, 1.54) is 11.8 Å². The lowest BCUT2D eigenvalue weighted by Crippen LogP contribution is -2.52. The molecule has 0 aromatic heterocycles. The highest BCUT2D eigenvalue weighted by molar-refractivity contribution is 6.05. The fourth-order valence-electron chi connectivity index (χ4n) is 5.21. The predicted molar refractivity (Wildman–Crippen MR) is 140 cm³/mol. The van der Waals surface area contributed by atoms with Crippen molar-refractivity contribution in [1.29, 1.82) is 0 Å².